The number of nitrogens with zero attached hydrogens (tertiary/aromatic N) is 2. The number of hydrogen-bond acceptors (Lipinski definition) is 4. The molecule has 0 saturated carbocycles. The molecular formula is C26H24ClN3O3. The van der Waals surface area contributed by atoms with Crippen molar-refractivity contribution in [3.05, 3.63) is 93.5 Å². The van der Waals surface area contributed by atoms with Gasteiger partial charge in [0.15, 0.2) is 5.76 Å². The van der Waals surface area contributed by atoms with E-state index in [-0.39, 0.29) is 5.91 Å². The zero-order valence-corrected chi connectivity index (χ0v) is 19.3. The van der Waals surface area contributed by atoms with E-state index in [9.17, 15) is 4.79 Å². The Kier molecular flexibility index (Phi) is 5.68. The minimum atomic E-state index is -0.243. The quantitative estimate of drug-likeness (QED) is 0.429. The van der Waals surface area contributed by atoms with Gasteiger partial charge in [0.05, 0.1) is 19.3 Å². The summed E-state index contributed by atoms with van der Waals surface area (Å²) < 4.78 is 13.3. The number of methoxy groups -OCH3 is 1. The lowest BCUT2D eigenvalue weighted by atomic mass is 9.93. The lowest BCUT2D eigenvalue weighted by Gasteiger charge is -2.09. The topological polar surface area (TPSA) is 69.3 Å². The minimum Gasteiger partial charge on any atom is -0.496 e. The maximum Gasteiger partial charge on any atom is 0.287 e. The zero-order valence-electron chi connectivity index (χ0n) is 18.5. The number of fused-ring (bicyclic) bond motifs is 3. The van der Waals surface area contributed by atoms with Gasteiger partial charge in [0.1, 0.15) is 11.5 Å². The van der Waals surface area contributed by atoms with E-state index in [0.29, 0.717) is 23.9 Å². The molecule has 0 fully saturated rings. The van der Waals surface area contributed by atoms with Gasteiger partial charge in [-0.05, 0) is 42.7 Å². The van der Waals surface area contributed by atoms with Crippen molar-refractivity contribution in [1.82, 2.24) is 15.1 Å². The van der Waals surface area contributed by atoms with Crippen molar-refractivity contribution in [3.63, 3.8) is 0 Å². The molecule has 0 unspecified atom stereocenters. The summed E-state index contributed by atoms with van der Waals surface area (Å²) in [4.78, 5) is 13.0. The molecule has 1 aliphatic carbocycles. The van der Waals surface area contributed by atoms with Crippen LogP contribution in [0.5, 0.6) is 5.75 Å². The molecule has 1 amide bonds. The highest BCUT2D eigenvalue weighted by Gasteiger charge is 2.29. The third-order valence-corrected chi connectivity index (χ3v) is 6.22. The number of nitrogens with one attached hydrogen (secondary N) is 1. The number of aromatic nitrogens is 2. The van der Waals surface area contributed by atoms with Crippen LogP contribution in [0, 0.1) is 6.92 Å². The van der Waals surface area contributed by atoms with Crippen molar-refractivity contribution >= 4 is 17.5 Å². The molecule has 2 heterocycles. The normalized spacial score (nSPS) is 12.2. The Labute approximate surface area is 197 Å². The summed E-state index contributed by atoms with van der Waals surface area (Å²) in [5.41, 5.74) is 5.80. The Morgan fingerprint density at radius 1 is 1.21 bits per heavy atom. The molecule has 2 aromatic heterocycles. The van der Waals surface area contributed by atoms with Crippen molar-refractivity contribution in [2.75, 3.05) is 7.11 Å². The van der Waals surface area contributed by atoms with Crippen molar-refractivity contribution in [3.8, 4) is 17.0 Å². The summed E-state index contributed by atoms with van der Waals surface area (Å²) >= 11 is 6.13. The van der Waals surface area contributed by atoms with Gasteiger partial charge < -0.3 is 14.5 Å². The van der Waals surface area contributed by atoms with Crippen LogP contribution in [0.25, 0.3) is 11.3 Å². The fourth-order valence-electron chi connectivity index (χ4n) is 4.39. The summed E-state index contributed by atoms with van der Waals surface area (Å²) in [6, 6.07) is 15.4. The molecule has 33 heavy (non-hydrogen) atoms. The molecule has 6 nitrogen and oxygen atoms in total. The second-order valence-corrected chi connectivity index (χ2v) is 8.62. The average Bonchev–Trinajstić information content (AvgIpc) is 3.37. The molecule has 7 heteroatoms. The van der Waals surface area contributed by atoms with Crippen LogP contribution in [0.3, 0.4) is 0 Å². The SMILES string of the molecule is COc1ccccc1CNC(=O)c1oc2c(c1C)-c1nn(Cc3cccc(Cl)c3)cc1CC2. The summed E-state index contributed by atoms with van der Waals surface area (Å²) in [6.07, 6.45) is 3.64. The first-order valence-corrected chi connectivity index (χ1v) is 11.2. The Morgan fingerprint density at radius 2 is 2.06 bits per heavy atom. The molecule has 0 bridgehead atoms. The van der Waals surface area contributed by atoms with E-state index >= 15 is 0 Å². The Morgan fingerprint density at radius 3 is 2.88 bits per heavy atom. The second-order valence-electron chi connectivity index (χ2n) is 8.18. The molecule has 0 atom stereocenters. The summed E-state index contributed by atoms with van der Waals surface area (Å²) in [5, 5.41) is 8.50. The fraction of sp³-hybridized carbons (Fsp3) is 0.231. The van der Waals surface area contributed by atoms with E-state index in [0.717, 1.165) is 57.9 Å². The molecule has 2 aromatic carbocycles. The maximum atomic E-state index is 13.0. The predicted octanol–water partition coefficient (Wildman–Crippen LogP) is 5.19. The summed E-state index contributed by atoms with van der Waals surface area (Å²) in [5.74, 6) is 1.65. The van der Waals surface area contributed by atoms with Crippen LogP contribution in [0.15, 0.2) is 59.1 Å². The van der Waals surface area contributed by atoms with Crippen LogP contribution in [0.1, 0.15) is 38.6 Å². The largest absolute Gasteiger partial charge is 0.496 e. The number of aryl methyl sites for hydroxylation is 2. The third-order valence-electron chi connectivity index (χ3n) is 5.99. The predicted molar refractivity (Wildman–Crippen MR) is 127 cm³/mol. The van der Waals surface area contributed by atoms with Crippen LogP contribution in [0.4, 0.5) is 0 Å². The third kappa shape index (κ3) is 4.14. The van der Waals surface area contributed by atoms with Crippen LogP contribution in [0.2, 0.25) is 5.02 Å². The molecule has 1 aliphatic rings. The Bertz CT molecular complexity index is 1340. The standard InChI is InChI=1S/C26H24ClN3O3/c1-16-23-22(33-25(16)26(31)28-13-18-7-3-4-9-21(18)32-2)11-10-19-15-30(29-24(19)23)14-17-6-5-8-20(27)12-17/h3-9,12,15H,10-11,13-14H2,1-2H3,(H,28,31). The molecule has 0 spiro atoms. The number of amides is 1. The van der Waals surface area contributed by atoms with E-state index in [4.69, 9.17) is 25.9 Å². The van der Waals surface area contributed by atoms with Gasteiger partial charge in [-0.15, -0.1) is 0 Å². The van der Waals surface area contributed by atoms with Crippen LogP contribution >= 0.6 is 11.6 Å². The molecule has 0 saturated heterocycles. The number of hydrogen-bond donors (Lipinski definition) is 1. The van der Waals surface area contributed by atoms with Crippen molar-refractivity contribution in [1.29, 1.82) is 0 Å². The van der Waals surface area contributed by atoms with Gasteiger partial charge in [0.2, 0.25) is 0 Å². The molecule has 1 N–H and O–H groups in total. The molecule has 5 rings (SSSR count). The van der Waals surface area contributed by atoms with E-state index in [1.54, 1.807) is 7.11 Å². The van der Waals surface area contributed by atoms with Gasteiger partial charge in [-0.3, -0.25) is 9.48 Å². The van der Waals surface area contributed by atoms with Gasteiger partial charge in [-0.25, -0.2) is 0 Å². The molecule has 4 aromatic rings. The number of halogens is 1. The highest BCUT2D eigenvalue weighted by Crippen LogP contribution is 2.38. The maximum absolute atomic E-state index is 13.0. The summed E-state index contributed by atoms with van der Waals surface area (Å²) in [6.45, 7) is 2.91. The Balaban J connectivity index is 1.38. The number of carbonyl (C=O) groups excluding carboxylic acids is 1. The molecule has 0 aliphatic heterocycles. The lowest BCUT2D eigenvalue weighted by molar-refractivity contribution is 0.0920. The van der Waals surface area contributed by atoms with Crippen molar-refractivity contribution in [2.24, 2.45) is 0 Å². The van der Waals surface area contributed by atoms with Gasteiger partial charge in [-0.1, -0.05) is 41.9 Å². The first kappa shape index (κ1) is 21.3. The number of para-hydroxylation sites is 1. The average molecular weight is 462 g/mol. The Hall–Kier alpha value is -3.51. The molecule has 168 valence electrons. The van der Waals surface area contributed by atoms with E-state index in [1.165, 1.54) is 0 Å². The number of ether oxygens (including phenoxy) is 1. The lowest BCUT2D eigenvalue weighted by Crippen LogP contribution is -2.23. The van der Waals surface area contributed by atoms with E-state index < -0.39 is 0 Å². The van der Waals surface area contributed by atoms with Crippen molar-refractivity contribution < 1.29 is 13.9 Å². The fourth-order valence-corrected chi connectivity index (χ4v) is 4.60. The van der Waals surface area contributed by atoms with E-state index in [2.05, 4.69) is 11.5 Å². The number of furan rings is 1. The first-order chi connectivity index (χ1) is 16.0. The summed E-state index contributed by atoms with van der Waals surface area (Å²) in [7, 11) is 1.62. The van der Waals surface area contributed by atoms with Gasteiger partial charge in [0.25, 0.3) is 5.91 Å². The van der Waals surface area contributed by atoms with Crippen molar-refractivity contribution in [2.45, 2.75) is 32.9 Å². The van der Waals surface area contributed by atoms with Gasteiger partial charge in [-0.2, -0.15) is 5.10 Å². The van der Waals surface area contributed by atoms with Crippen LogP contribution < -0.4 is 10.1 Å². The zero-order chi connectivity index (χ0) is 22.9. The number of benzene rings is 2. The first-order valence-electron chi connectivity index (χ1n) is 10.9. The van der Waals surface area contributed by atoms with Gasteiger partial charge >= 0.3 is 0 Å². The van der Waals surface area contributed by atoms with Gasteiger partial charge in [0, 0.05) is 40.9 Å². The van der Waals surface area contributed by atoms with Crippen LogP contribution in [-0.2, 0) is 25.9 Å². The highest BCUT2D eigenvalue weighted by atomic mass is 35.5. The molecular weight excluding hydrogens is 438 g/mol. The number of carbonyl (C=O) groups is 1. The highest BCUT2D eigenvalue weighted by molar-refractivity contribution is 6.30. The monoisotopic (exact) mass is 461 g/mol. The number of rotatable bonds is 6. The second kappa shape index (κ2) is 8.79. The molecule has 0 radical (unpaired) electrons. The minimum absolute atomic E-state index is 0.243. The van der Waals surface area contributed by atoms with Crippen LogP contribution in [-0.4, -0.2) is 22.8 Å². The smallest absolute Gasteiger partial charge is 0.287 e. The van der Waals surface area contributed by atoms with E-state index in [1.807, 2.05) is 60.1 Å².